The summed E-state index contributed by atoms with van der Waals surface area (Å²) in [5.41, 5.74) is 7.21. The zero-order valence-corrected chi connectivity index (χ0v) is 10.5. The Morgan fingerprint density at radius 2 is 2.39 bits per heavy atom. The molecular formula is C14H20N2O2. The molecule has 4 heteroatoms. The standard InChI is InChI=1S/C14H20N2O2/c15-8-11-3-1-5-13(7-11)14(17)16-9-12-4-2-6-18-10-12/h1,3,5,7,12H,2,4,6,8-10,15H2,(H,16,17). The number of hydrogen-bond donors (Lipinski definition) is 2. The van der Waals surface area contributed by atoms with Crippen LogP contribution >= 0.6 is 0 Å². The van der Waals surface area contributed by atoms with Crippen LogP contribution in [0.15, 0.2) is 24.3 Å². The SMILES string of the molecule is NCc1cccc(C(=O)NCC2CCCOC2)c1. The van der Waals surface area contributed by atoms with Crippen LogP contribution in [0.1, 0.15) is 28.8 Å². The zero-order valence-electron chi connectivity index (χ0n) is 10.5. The summed E-state index contributed by atoms with van der Waals surface area (Å²) in [4.78, 5) is 12.0. The summed E-state index contributed by atoms with van der Waals surface area (Å²) in [6, 6.07) is 7.44. The molecule has 1 aliphatic heterocycles. The van der Waals surface area contributed by atoms with Gasteiger partial charge in [-0.1, -0.05) is 12.1 Å². The lowest BCUT2D eigenvalue weighted by Gasteiger charge is -2.22. The van der Waals surface area contributed by atoms with E-state index in [0.717, 1.165) is 31.6 Å². The van der Waals surface area contributed by atoms with Gasteiger partial charge in [0.15, 0.2) is 0 Å². The van der Waals surface area contributed by atoms with Gasteiger partial charge in [0.05, 0.1) is 6.61 Å². The highest BCUT2D eigenvalue weighted by atomic mass is 16.5. The molecule has 1 atom stereocenters. The maximum absolute atomic E-state index is 12.0. The van der Waals surface area contributed by atoms with Crippen molar-refractivity contribution in [3.8, 4) is 0 Å². The molecule has 0 spiro atoms. The first-order valence-electron chi connectivity index (χ1n) is 6.44. The van der Waals surface area contributed by atoms with Crippen molar-refractivity contribution < 1.29 is 9.53 Å². The molecule has 1 fully saturated rings. The van der Waals surface area contributed by atoms with Crippen LogP contribution in [-0.4, -0.2) is 25.7 Å². The third kappa shape index (κ3) is 3.55. The Kier molecular flexibility index (Phi) is 4.73. The van der Waals surface area contributed by atoms with Crippen LogP contribution in [-0.2, 0) is 11.3 Å². The predicted octanol–water partition coefficient (Wildman–Crippen LogP) is 1.30. The molecule has 0 aliphatic carbocycles. The third-order valence-electron chi connectivity index (χ3n) is 3.23. The number of nitrogens with one attached hydrogen (secondary N) is 1. The van der Waals surface area contributed by atoms with Gasteiger partial charge in [0.1, 0.15) is 0 Å². The maximum atomic E-state index is 12.0. The van der Waals surface area contributed by atoms with Crippen LogP contribution in [0.25, 0.3) is 0 Å². The number of carbonyl (C=O) groups excluding carboxylic acids is 1. The molecule has 1 aliphatic rings. The fourth-order valence-electron chi connectivity index (χ4n) is 2.15. The molecule has 0 radical (unpaired) electrons. The van der Waals surface area contributed by atoms with E-state index in [4.69, 9.17) is 10.5 Å². The van der Waals surface area contributed by atoms with E-state index in [0.29, 0.717) is 24.6 Å². The van der Waals surface area contributed by atoms with Gasteiger partial charge in [-0.05, 0) is 36.5 Å². The second-order valence-corrected chi connectivity index (χ2v) is 4.70. The van der Waals surface area contributed by atoms with Gasteiger partial charge >= 0.3 is 0 Å². The highest BCUT2D eigenvalue weighted by Crippen LogP contribution is 2.12. The van der Waals surface area contributed by atoms with Crippen molar-refractivity contribution in [3.05, 3.63) is 35.4 Å². The molecule has 18 heavy (non-hydrogen) atoms. The average Bonchev–Trinajstić information content (AvgIpc) is 2.46. The second-order valence-electron chi connectivity index (χ2n) is 4.70. The molecule has 0 aromatic heterocycles. The molecule has 1 aromatic carbocycles. The molecule has 1 aromatic rings. The van der Waals surface area contributed by atoms with E-state index in [2.05, 4.69) is 5.32 Å². The Morgan fingerprint density at radius 1 is 1.50 bits per heavy atom. The van der Waals surface area contributed by atoms with Crippen LogP contribution in [0.2, 0.25) is 0 Å². The van der Waals surface area contributed by atoms with Gasteiger partial charge in [0.25, 0.3) is 5.91 Å². The Balaban J connectivity index is 1.86. The van der Waals surface area contributed by atoms with Crippen LogP contribution in [0.3, 0.4) is 0 Å². The minimum Gasteiger partial charge on any atom is -0.381 e. The summed E-state index contributed by atoms with van der Waals surface area (Å²) in [5, 5.41) is 2.96. The van der Waals surface area contributed by atoms with Crippen molar-refractivity contribution in [2.75, 3.05) is 19.8 Å². The molecule has 3 N–H and O–H groups in total. The first kappa shape index (κ1) is 13.1. The lowest BCUT2D eigenvalue weighted by atomic mass is 10.0. The summed E-state index contributed by atoms with van der Waals surface area (Å²) < 4.78 is 5.39. The van der Waals surface area contributed by atoms with E-state index in [1.54, 1.807) is 0 Å². The smallest absolute Gasteiger partial charge is 0.251 e. The summed E-state index contributed by atoms with van der Waals surface area (Å²) in [7, 11) is 0. The Morgan fingerprint density at radius 3 is 3.11 bits per heavy atom. The average molecular weight is 248 g/mol. The molecule has 4 nitrogen and oxygen atoms in total. The molecule has 1 saturated heterocycles. The van der Waals surface area contributed by atoms with Gasteiger partial charge in [-0.15, -0.1) is 0 Å². The zero-order chi connectivity index (χ0) is 12.8. The highest BCUT2D eigenvalue weighted by molar-refractivity contribution is 5.94. The van der Waals surface area contributed by atoms with E-state index >= 15 is 0 Å². The monoisotopic (exact) mass is 248 g/mol. The molecule has 0 bridgehead atoms. The molecule has 1 heterocycles. The molecule has 98 valence electrons. The van der Waals surface area contributed by atoms with E-state index in [1.165, 1.54) is 0 Å². The number of nitrogens with two attached hydrogens (primary N) is 1. The maximum Gasteiger partial charge on any atom is 0.251 e. The Labute approximate surface area is 108 Å². The number of carbonyl (C=O) groups is 1. The van der Waals surface area contributed by atoms with Crippen molar-refractivity contribution in [1.82, 2.24) is 5.32 Å². The summed E-state index contributed by atoms with van der Waals surface area (Å²) in [6.45, 7) is 2.75. The minimum absolute atomic E-state index is 0.0316. The third-order valence-corrected chi connectivity index (χ3v) is 3.23. The Hall–Kier alpha value is -1.39. The van der Waals surface area contributed by atoms with Crippen LogP contribution < -0.4 is 11.1 Å². The largest absolute Gasteiger partial charge is 0.381 e. The minimum atomic E-state index is -0.0316. The first-order valence-corrected chi connectivity index (χ1v) is 6.44. The first-order chi connectivity index (χ1) is 8.79. The summed E-state index contributed by atoms with van der Waals surface area (Å²) in [5.74, 6) is 0.413. The molecule has 1 unspecified atom stereocenters. The number of rotatable bonds is 4. The summed E-state index contributed by atoms with van der Waals surface area (Å²) >= 11 is 0. The fourth-order valence-corrected chi connectivity index (χ4v) is 2.15. The Bertz CT molecular complexity index is 401. The predicted molar refractivity (Wildman–Crippen MR) is 70.2 cm³/mol. The van der Waals surface area contributed by atoms with Crippen molar-refractivity contribution in [1.29, 1.82) is 0 Å². The number of amides is 1. The number of hydrogen-bond acceptors (Lipinski definition) is 3. The number of benzene rings is 1. The van der Waals surface area contributed by atoms with Crippen molar-refractivity contribution >= 4 is 5.91 Å². The van der Waals surface area contributed by atoms with Crippen molar-refractivity contribution in [2.24, 2.45) is 11.7 Å². The van der Waals surface area contributed by atoms with Gasteiger partial charge in [0, 0.05) is 25.3 Å². The lowest BCUT2D eigenvalue weighted by Crippen LogP contribution is -2.33. The van der Waals surface area contributed by atoms with E-state index in [9.17, 15) is 4.79 Å². The number of ether oxygens (including phenoxy) is 1. The second kappa shape index (κ2) is 6.52. The normalized spacial score (nSPS) is 19.5. The van der Waals surface area contributed by atoms with Crippen molar-refractivity contribution in [2.45, 2.75) is 19.4 Å². The molecular weight excluding hydrogens is 228 g/mol. The lowest BCUT2D eigenvalue weighted by molar-refractivity contribution is 0.0536. The molecule has 2 rings (SSSR count). The molecule has 0 saturated carbocycles. The van der Waals surface area contributed by atoms with Gasteiger partial charge < -0.3 is 15.8 Å². The van der Waals surface area contributed by atoms with E-state index in [1.807, 2.05) is 24.3 Å². The van der Waals surface area contributed by atoms with E-state index in [-0.39, 0.29) is 5.91 Å². The topological polar surface area (TPSA) is 64.4 Å². The van der Waals surface area contributed by atoms with E-state index < -0.39 is 0 Å². The van der Waals surface area contributed by atoms with Crippen molar-refractivity contribution in [3.63, 3.8) is 0 Å². The molecule has 1 amide bonds. The fraction of sp³-hybridized carbons (Fsp3) is 0.500. The quantitative estimate of drug-likeness (QED) is 0.844. The van der Waals surface area contributed by atoms with Gasteiger partial charge in [-0.25, -0.2) is 0 Å². The van der Waals surface area contributed by atoms with Crippen LogP contribution in [0.5, 0.6) is 0 Å². The van der Waals surface area contributed by atoms with Crippen LogP contribution in [0, 0.1) is 5.92 Å². The van der Waals surface area contributed by atoms with Gasteiger partial charge in [-0.2, -0.15) is 0 Å². The van der Waals surface area contributed by atoms with Gasteiger partial charge in [-0.3, -0.25) is 4.79 Å². The highest BCUT2D eigenvalue weighted by Gasteiger charge is 2.15. The van der Waals surface area contributed by atoms with Gasteiger partial charge in [0.2, 0.25) is 0 Å². The van der Waals surface area contributed by atoms with Crippen LogP contribution in [0.4, 0.5) is 0 Å². The summed E-state index contributed by atoms with van der Waals surface area (Å²) in [6.07, 6.45) is 2.21.